The average Bonchev–Trinajstić information content (AvgIpc) is 2.94. The molecule has 0 spiro atoms. The van der Waals surface area contributed by atoms with Gasteiger partial charge in [0.15, 0.2) is 0 Å². The van der Waals surface area contributed by atoms with E-state index in [1.807, 2.05) is 11.8 Å². The van der Waals surface area contributed by atoms with Crippen molar-refractivity contribution in [2.24, 2.45) is 0 Å². The molecule has 1 aliphatic heterocycles. The van der Waals surface area contributed by atoms with E-state index >= 15 is 0 Å². The number of urea groups is 1. The molecule has 1 heterocycles. The first kappa shape index (κ1) is 27.7. The van der Waals surface area contributed by atoms with Gasteiger partial charge in [0.05, 0.1) is 5.56 Å². The van der Waals surface area contributed by atoms with Crippen molar-refractivity contribution in [3.05, 3.63) is 107 Å². The van der Waals surface area contributed by atoms with Gasteiger partial charge in [-0.3, -0.25) is 0 Å². The number of amides is 2. The van der Waals surface area contributed by atoms with Gasteiger partial charge in [-0.1, -0.05) is 72.8 Å². The molecule has 0 saturated carbocycles. The summed E-state index contributed by atoms with van der Waals surface area (Å²) in [6, 6.07) is 26.2. The van der Waals surface area contributed by atoms with Gasteiger partial charge in [0, 0.05) is 38.1 Å². The van der Waals surface area contributed by atoms with E-state index in [-0.39, 0.29) is 18.6 Å². The Hall–Kier alpha value is -3.32. The number of nitrogens with one attached hydrogen (secondary N) is 1. The lowest BCUT2D eigenvalue weighted by Gasteiger charge is -2.38. The van der Waals surface area contributed by atoms with E-state index in [1.165, 1.54) is 23.3 Å². The molecule has 38 heavy (non-hydrogen) atoms. The third kappa shape index (κ3) is 7.38. The molecule has 0 bridgehead atoms. The average molecular weight is 524 g/mol. The van der Waals surface area contributed by atoms with Gasteiger partial charge in [-0.25, -0.2) is 4.79 Å². The SMILES string of the molecule is CCN(C(=O)NCc1ccc(C(F)(F)F)cc1)C1CCN(CCC(c2ccccc2)c2ccccc2)CC1. The summed E-state index contributed by atoms with van der Waals surface area (Å²) >= 11 is 0. The fourth-order valence-electron chi connectivity index (χ4n) is 5.32. The maximum Gasteiger partial charge on any atom is 0.416 e. The van der Waals surface area contributed by atoms with Gasteiger partial charge in [-0.2, -0.15) is 13.2 Å². The maximum absolute atomic E-state index is 12.9. The molecule has 1 N–H and O–H groups in total. The fourth-order valence-corrected chi connectivity index (χ4v) is 5.32. The van der Waals surface area contributed by atoms with E-state index in [4.69, 9.17) is 0 Å². The van der Waals surface area contributed by atoms with Crippen LogP contribution in [-0.2, 0) is 12.7 Å². The molecule has 0 unspecified atom stereocenters. The van der Waals surface area contributed by atoms with Crippen molar-refractivity contribution < 1.29 is 18.0 Å². The predicted molar refractivity (Wildman–Crippen MR) is 145 cm³/mol. The Bertz CT molecular complexity index is 1090. The molecule has 3 aromatic carbocycles. The Balaban J connectivity index is 1.27. The summed E-state index contributed by atoms with van der Waals surface area (Å²) < 4.78 is 38.3. The zero-order valence-electron chi connectivity index (χ0n) is 21.8. The van der Waals surface area contributed by atoms with E-state index in [9.17, 15) is 18.0 Å². The number of likely N-dealkylation sites (tertiary alicyclic amines) is 1. The van der Waals surface area contributed by atoms with E-state index < -0.39 is 11.7 Å². The maximum atomic E-state index is 12.9. The van der Waals surface area contributed by atoms with Gasteiger partial charge in [0.2, 0.25) is 0 Å². The summed E-state index contributed by atoms with van der Waals surface area (Å²) in [7, 11) is 0. The molecule has 1 fully saturated rings. The molecular formula is C31H36F3N3O. The van der Waals surface area contributed by atoms with Gasteiger partial charge < -0.3 is 15.1 Å². The van der Waals surface area contributed by atoms with Crippen LogP contribution in [0.1, 0.15) is 54.4 Å². The molecule has 4 nitrogen and oxygen atoms in total. The standard InChI is InChI=1S/C31H36F3N3O/c1-2-37(30(38)35-23-24-13-15-27(16-14-24)31(32,33)34)28-17-20-36(21-18-28)22-19-29(25-9-5-3-6-10-25)26-11-7-4-8-12-26/h3-16,28-29H,2,17-23H2,1H3,(H,35,38). The number of hydrogen-bond donors (Lipinski definition) is 1. The molecule has 0 atom stereocenters. The minimum Gasteiger partial charge on any atom is -0.334 e. The molecule has 1 aliphatic rings. The smallest absolute Gasteiger partial charge is 0.334 e. The highest BCUT2D eigenvalue weighted by Gasteiger charge is 2.30. The number of nitrogens with zero attached hydrogens (tertiary/aromatic N) is 2. The number of benzene rings is 3. The van der Waals surface area contributed by atoms with Crippen LogP contribution in [0, 0.1) is 0 Å². The molecule has 2 amide bonds. The largest absolute Gasteiger partial charge is 0.416 e. The van der Waals surface area contributed by atoms with Crippen LogP contribution in [-0.4, -0.2) is 48.1 Å². The van der Waals surface area contributed by atoms with Gasteiger partial charge in [0.25, 0.3) is 0 Å². The van der Waals surface area contributed by atoms with Crippen molar-refractivity contribution in [2.75, 3.05) is 26.2 Å². The van der Waals surface area contributed by atoms with Crippen LogP contribution >= 0.6 is 0 Å². The quantitative estimate of drug-likeness (QED) is 0.330. The molecule has 4 rings (SSSR count). The summed E-state index contributed by atoms with van der Waals surface area (Å²) in [6.45, 7) is 5.62. The molecule has 0 aliphatic carbocycles. The van der Waals surface area contributed by atoms with Crippen LogP contribution in [0.5, 0.6) is 0 Å². The molecular weight excluding hydrogens is 487 g/mol. The van der Waals surface area contributed by atoms with Gasteiger partial charge in [-0.15, -0.1) is 0 Å². The van der Waals surface area contributed by atoms with Gasteiger partial charge >= 0.3 is 12.2 Å². The minimum absolute atomic E-state index is 0.155. The Morgan fingerprint density at radius 2 is 1.47 bits per heavy atom. The number of halogens is 3. The zero-order valence-corrected chi connectivity index (χ0v) is 21.8. The number of rotatable bonds is 9. The number of carbonyl (C=O) groups excluding carboxylic acids is 1. The van der Waals surface area contributed by atoms with Crippen LogP contribution < -0.4 is 5.32 Å². The molecule has 1 saturated heterocycles. The van der Waals surface area contributed by atoms with E-state index in [1.54, 1.807) is 0 Å². The second kappa shape index (κ2) is 13.0. The van der Waals surface area contributed by atoms with Crippen LogP contribution in [0.4, 0.5) is 18.0 Å². The van der Waals surface area contributed by atoms with Crippen LogP contribution in [0.15, 0.2) is 84.9 Å². The highest BCUT2D eigenvalue weighted by atomic mass is 19.4. The number of carbonyl (C=O) groups is 1. The Morgan fingerprint density at radius 3 is 1.97 bits per heavy atom. The first-order valence-corrected chi connectivity index (χ1v) is 13.4. The summed E-state index contributed by atoms with van der Waals surface area (Å²) in [4.78, 5) is 17.3. The summed E-state index contributed by atoms with van der Waals surface area (Å²) in [6.07, 6.45) is -1.52. The lowest BCUT2D eigenvalue weighted by atomic mass is 9.88. The van der Waals surface area contributed by atoms with Crippen LogP contribution in [0.2, 0.25) is 0 Å². The van der Waals surface area contributed by atoms with Crippen molar-refractivity contribution in [3.8, 4) is 0 Å². The van der Waals surface area contributed by atoms with Crippen molar-refractivity contribution in [1.82, 2.24) is 15.1 Å². The lowest BCUT2D eigenvalue weighted by Crippen LogP contribution is -2.50. The molecule has 202 valence electrons. The van der Waals surface area contributed by atoms with Crippen molar-refractivity contribution >= 4 is 6.03 Å². The number of alkyl halides is 3. The normalized spacial score (nSPS) is 15.0. The summed E-state index contributed by atoms with van der Waals surface area (Å²) in [5, 5.41) is 2.89. The number of hydrogen-bond acceptors (Lipinski definition) is 2. The Morgan fingerprint density at radius 1 is 0.921 bits per heavy atom. The predicted octanol–water partition coefficient (Wildman–Crippen LogP) is 6.92. The second-order valence-electron chi connectivity index (χ2n) is 9.87. The highest BCUT2D eigenvalue weighted by molar-refractivity contribution is 5.74. The monoisotopic (exact) mass is 523 g/mol. The van der Waals surface area contributed by atoms with Crippen molar-refractivity contribution in [3.63, 3.8) is 0 Å². The molecule has 0 radical (unpaired) electrons. The third-order valence-electron chi connectivity index (χ3n) is 7.46. The van der Waals surface area contributed by atoms with E-state index in [0.717, 1.165) is 51.0 Å². The number of piperidine rings is 1. The Labute approximate surface area is 223 Å². The second-order valence-corrected chi connectivity index (χ2v) is 9.87. The van der Waals surface area contributed by atoms with E-state index in [0.29, 0.717) is 18.0 Å². The van der Waals surface area contributed by atoms with Crippen molar-refractivity contribution in [1.29, 1.82) is 0 Å². The summed E-state index contributed by atoms with van der Waals surface area (Å²) in [5.74, 6) is 0.346. The van der Waals surface area contributed by atoms with E-state index in [2.05, 4.69) is 70.9 Å². The molecule has 3 aromatic rings. The van der Waals surface area contributed by atoms with Gasteiger partial charge in [-0.05, 0) is 61.6 Å². The van der Waals surface area contributed by atoms with Crippen LogP contribution in [0.25, 0.3) is 0 Å². The molecule has 0 aromatic heterocycles. The van der Waals surface area contributed by atoms with Gasteiger partial charge in [0.1, 0.15) is 0 Å². The Kier molecular flexibility index (Phi) is 9.45. The first-order valence-electron chi connectivity index (χ1n) is 13.4. The lowest BCUT2D eigenvalue weighted by molar-refractivity contribution is -0.137. The topological polar surface area (TPSA) is 35.6 Å². The highest BCUT2D eigenvalue weighted by Crippen LogP contribution is 2.30. The zero-order chi connectivity index (χ0) is 27.0. The third-order valence-corrected chi connectivity index (χ3v) is 7.46. The first-order chi connectivity index (χ1) is 18.3. The fraction of sp³-hybridized carbons (Fsp3) is 0.387. The minimum atomic E-state index is -4.36. The molecule has 7 heteroatoms. The summed E-state index contributed by atoms with van der Waals surface area (Å²) in [5.41, 5.74) is 2.61. The van der Waals surface area contributed by atoms with Crippen LogP contribution in [0.3, 0.4) is 0 Å². The van der Waals surface area contributed by atoms with Crippen molar-refractivity contribution in [2.45, 2.75) is 50.9 Å².